The summed E-state index contributed by atoms with van der Waals surface area (Å²) in [4.78, 5) is 28.9. The molecule has 0 radical (unpaired) electrons. The molecule has 0 bridgehead atoms. The van der Waals surface area contributed by atoms with Gasteiger partial charge in [-0.15, -0.1) is 0 Å². The number of nitrogens with one attached hydrogen (secondary N) is 1. The van der Waals surface area contributed by atoms with Gasteiger partial charge in [0.1, 0.15) is 23.7 Å². The summed E-state index contributed by atoms with van der Waals surface area (Å²) in [5.74, 6) is 0.894. The van der Waals surface area contributed by atoms with Gasteiger partial charge in [0.2, 0.25) is 11.8 Å². The zero-order chi connectivity index (χ0) is 27.4. The first kappa shape index (κ1) is 27.2. The van der Waals surface area contributed by atoms with E-state index in [0.29, 0.717) is 36.6 Å². The molecule has 208 valence electrons. The standard InChI is InChI=1S/C31H38N2O6/c1-38-25-12-6-4-10-21(25)14-16-33(27(35)18-20-8-2-3-9-20)24-19-23(31(37)32-15-17-34)28-22-11-5-7-13-26(22)39-30(28)29(24)36/h4-7,10-13,19-20,24,28-30,34,36H,2-3,8-9,14-18H2,1H3,(H,32,37)/t24-,28+,29+,30+/m1/s1. The second-order valence-corrected chi connectivity index (χ2v) is 10.7. The van der Waals surface area contributed by atoms with Crippen LogP contribution in [-0.4, -0.2) is 72.0 Å². The summed E-state index contributed by atoms with van der Waals surface area (Å²) in [6, 6.07) is 14.5. The molecule has 8 nitrogen and oxygen atoms in total. The SMILES string of the molecule is COc1ccccc1CCN(C(=O)CC1CCCC1)[C@@H]1C=C(C(=O)NCCO)[C@@H]2c3ccccc3O[C@@H]2[C@H]1O. The molecule has 8 heteroatoms. The van der Waals surface area contributed by atoms with Crippen molar-refractivity contribution < 1.29 is 29.3 Å². The molecular formula is C31H38N2O6. The lowest BCUT2D eigenvalue weighted by Crippen LogP contribution is -2.56. The Labute approximate surface area is 229 Å². The molecule has 2 aliphatic carbocycles. The molecule has 4 atom stereocenters. The Bertz CT molecular complexity index is 1210. The predicted octanol–water partition coefficient (Wildman–Crippen LogP) is 2.97. The number of aliphatic hydroxyl groups is 2. The van der Waals surface area contributed by atoms with E-state index in [0.717, 1.165) is 42.6 Å². The first-order valence-corrected chi connectivity index (χ1v) is 14.0. The first-order valence-electron chi connectivity index (χ1n) is 14.0. The van der Waals surface area contributed by atoms with Gasteiger partial charge in [0.15, 0.2) is 0 Å². The van der Waals surface area contributed by atoms with Gasteiger partial charge in [0, 0.05) is 30.6 Å². The molecule has 2 aromatic rings. The van der Waals surface area contributed by atoms with E-state index in [9.17, 15) is 19.8 Å². The summed E-state index contributed by atoms with van der Waals surface area (Å²) >= 11 is 0. The third kappa shape index (κ3) is 5.68. The van der Waals surface area contributed by atoms with Crippen LogP contribution in [0.4, 0.5) is 0 Å². The van der Waals surface area contributed by atoms with Gasteiger partial charge in [-0.3, -0.25) is 9.59 Å². The maximum atomic E-state index is 13.9. The highest BCUT2D eigenvalue weighted by Crippen LogP contribution is 2.47. The number of para-hydroxylation sites is 2. The van der Waals surface area contributed by atoms with E-state index in [1.54, 1.807) is 18.1 Å². The summed E-state index contributed by atoms with van der Waals surface area (Å²) in [6.45, 7) is 0.290. The summed E-state index contributed by atoms with van der Waals surface area (Å²) in [6.07, 6.45) is 5.32. The molecule has 5 rings (SSSR count). The highest BCUT2D eigenvalue weighted by molar-refractivity contribution is 5.96. The minimum atomic E-state index is -1.03. The number of aliphatic hydroxyl groups excluding tert-OH is 2. The third-order valence-corrected chi connectivity index (χ3v) is 8.31. The van der Waals surface area contributed by atoms with Crippen LogP contribution >= 0.6 is 0 Å². The fourth-order valence-electron chi connectivity index (χ4n) is 6.36. The van der Waals surface area contributed by atoms with Gasteiger partial charge >= 0.3 is 0 Å². The number of carbonyl (C=O) groups is 2. The average Bonchev–Trinajstić information content (AvgIpc) is 3.61. The third-order valence-electron chi connectivity index (χ3n) is 8.31. The molecule has 0 unspecified atom stereocenters. The van der Waals surface area contributed by atoms with Crippen LogP contribution in [0.25, 0.3) is 0 Å². The maximum Gasteiger partial charge on any atom is 0.247 e. The van der Waals surface area contributed by atoms with Crippen molar-refractivity contribution in [2.75, 3.05) is 26.8 Å². The quantitative estimate of drug-likeness (QED) is 0.433. The first-order chi connectivity index (χ1) is 19.0. The molecule has 2 aromatic carbocycles. The molecule has 39 heavy (non-hydrogen) atoms. The molecule has 1 heterocycles. The van der Waals surface area contributed by atoms with E-state index in [-0.39, 0.29) is 25.0 Å². The van der Waals surface area contributed by atoms with Crippen molar-refractivity contribution >= 4 is 11.8 Å². The average molecular weight is 535 g/mol. The monoisotopic (exact) mass is 534 g/mol. The van der Waals surface area contributed by atoms with Crippen molar-refractivity contribution in [1.29, 1.82) is 0 Å². The Morgan fingerprint density at radius 3 is 2.62 bits per heavy atom. The van der Waals surface area contributed by atoms with Crippen molar-refractivity contribution in [3.8, 4) is 11.5 Å². The Morgan fingerprint density at radius 2 is 1.85 bits per heavy atom. The minimum Gasteiger partial charge on any atom is -0.496 e. The van der Waals surface area contributed by atoms with Crippen LogP contribution in [0.15, 0.2) is 60.2 Å². The lowest BCUT2D eigenvalue weighted by atomic mass is 9.77. The lowest BCUT2D eigenvalue weighted by molar-refractivity contribution is -0.138. The van der Waals surface area contributed by atoms with Crippen LogP contribution in [0.5, 0.6) is 11.5 Å². The summed E-state index contributed by atoms with van der Waals surface area (Å²) in [5.41, 5.74) is 2.25. The molecular weight excluding hydrogens is 496 g/mol. The zero-order valence-corrected chi connectivity index (χ0v) is 22.4. The fraction of sp³-hybridized carbons (Fsp3) is 0.484. The summed E-state index contributed by atoms with van der Waals surface area (Å²) in [7, 11) is 1.63. The van der Waals surface area contributed by atoms with Crippen LogP contribution < -0.4 is 14.8 Å². The van der Waals surface area contributed by atoms with Crippen LogP contribution in [0.1, 0.15) is 49.1 Å². The van der Waals surface area contributed by atoms with Gasteiger partial charge in [-0.1, -0.05) is 49.2 Å². The molecule has 1 saturated carbocycles. The van der Waals surface area contributed by atoms with E-state index in [4.69, 9.17) is 9.47 Å². The lowest BCUT2D eigenvalue weighted by Gasteiger charge is -2.41. The number of amides is 2. The highest BCUT2D eigenvalue weighted by atomic mass is 16.5. The fourth-order valence-corrected chi connectivity index (χ4v) is 6.36. The number of hydrogen-bond acceptors (Lipinski definition) is 6. The van der Waals surface area contributed by atoms with E-state index in [1.807, 2.05) is 48.5 Å². The van der Waals surface area contributed by atoms with E-state index < -0.39 is 24.2 Å². The van der Waals surface area contributed by atoms with Crippen molar-refractivity contribution in [2.45, 2.75) is 62.7 Å². The Morgan fingerprint density at radius 1 is 1.10 bits per heavy atom. The molecule has 0 aromatic heterocycles. The van der Waals surface area contributed by atoms with Gasteiger partial charge in [-0.05, 0) is 49.0 Å². The second kappa shape index (κ2) is 12.2. The van der Waals surface area contributed by atoms with E-state index in [2.05, 4.69) is 5.32 Å². The van der Waals surface area contributed by atoms with Gasteiger partial charge in [0.25, 0.3) is 0 Å². The number of fused-ring (bicyclic) bond motifs is 3. The largest absolute Gasteiger partial charge is 0.496 e. The van der Waals surface area contributed by atoms with E-state index in [1.165, 1.54) is 0 Å². The van der Waals surface area contributed by atoms with Gasteiger partial charge in [-0.2, -0.15) is 0 Å². The Kier molecular flexibility index (Phi) is 8.53. The van der Waals surface area contributed by atoms with Crippen molar-refractivity contribution in [2.24, 2.45) is 5.92 Å². The topological polar surface area (TPSA) is 108 Å². The number of benzene rings is 2. The number of methoxy groups -OCH3 is 1. The molecule has 3 N–H and O–H groups in total. The predicted molar refractivity (Wildman–Crippen MR) is 147 cm³/mol. The molecule has 2 amide bonds. The molecule has 1 aliphatic heterocycles. The van der Waals surface area contributed by atoms with Crippen molar-refractivity contribution in [3.63, 3.8) is 0 Å². The highest BCUT2D eigenvalue weighted by Gasteiger charge is 2.50. The smallest absolute Gasteiger partial charge is 0.247 e. The Hall–Kier alpha value is -3.36. The van der Waals surface area contributed by atoms with E-state index >= 15 is 0 Å². The Balaban J connectivity index is 1.49. The van der Waals surface area contributed by atoms with Crippen LogP contribution in [0.2, 0.25) is 0 Å². The van der Waals surface area contributed by atoms with Crippen molar-refractivity contribution in [1.82, 2.24) is 10.2 Å². The van der Waals surface area contributed by atoms with Crippen LogP contribution in [0, 0.1) is 5.92 Å². The molecule has 0 spiro atoms. The number of nitrogens with zero attached hydrogens (tertiary/aromatic N) is 1. The molecule has 0 saturated heterocycles. The second-order valence-electron chi connectivity index (χ2n) is 10.7. The molecule has 3 aliphatic rings. The normalized spacial score (nSPS) is 23.8. The van der Waals surface area contributed by atoms with Crippen molar-refractivity contribution in [3.05, 3.63) is 71.3 Å². The van der Waals surface area contributed by atoms with Gasteiger partial charge in [0.05, 0.1) is 25.7 Å². The number of carbonyl (C=O) groups excluding carboxylic acids is 2. The summed E-state index contributed by atoms with van der Waals surface area (Å²) < 4.78 is 11.8. The number of rotatable bonds is 10. The van der Waals surface area contributed by atoms with Crippen LogP contribution in [0.3, 0.4) is 0 Å². The number of ether oxygens (including phenoxy) is 2. The maximum absolute atomic E-state index is 13.9. The van der Waals surface area contributed by atoms with Crippen LogP contribution in [-0.2, 0) is 16.0 Å². The van der Waals surface area contributed by atoms with Gasteiger partial charge in [-0.25, -0.2) is 0 Å². The molecule has 1 fully saturated rings. The number of hydrogen-bond donors (Lipinski definition) is 3. The summed E-state index contributed by atoms with van der Waals surface area (Å²) in [5, 5.41) is 23.8. The zero-order valence-electron chi connectivity index (χ0n) is 22.4. The van der Waals surface area contributed by atoms with Gasteiger partial charge < -0.3 is 29.9 Å². The minimum absolute atomic E-state index is 0.0267.